The lowest BCUT2D eigenvalue weighted by molar-refractivity contribution is -0.274. The summed E-state index contributed by atoms with van der Waals surface area (Å²) in [6, 6.07) is 7.02. The fourth-order valence-electron chi connectivity index (χ4n) is 4.10. The molecule has 2 aromatic rings. The lowest BCUT2D eigenvalue weighted by Gasteiger charge is -2.36. The second-order valence-corrected chi connectivity index (χ2v) is 8.13. The number of nitrogens with one attached hydrogen (secondary N) is 1. The zero-order valence-electron chi connectivity index (χ0n) is 18.4. The SMILES string of the molecule is Cc1nc(N2CCCCC2)cc(N2CCN(C(=O)Nc3ccccc3OC(F)(F)F)CC2)n1. The van der Waals surface area contributed by atoms with Crippen molar-refractivity contribution in [2.24, 2.45) is 0 Å². The van der Waals surface area contributed by atoms with Crippen LogP contribution in [0.25, 0.3) is 0 Å². The fraction of sp³-hybridized carbons (Fsp3) is 0.500. The molecule has 2 amide bonds. The number of para-hydroxylation sites is 2. The molecule has 0 saturated carbocycles. The van der Waals surface area contributed by atoms with Crippen LogP contribution in [0.4, 0.5) is 35.3 Å². The summed E-state index contributed by atoms with van der Waals surface area (Å²) in [6.45, 7) is 5.80. The van der Waals surface area contributed by atoms with Gasteiger partial charge < -0.3 is 24.8 Å². The number of urea groups is 1. The van der Waals surface area contributed by atoms with Crippen LogP contribution in [0.2, 0.25) is 0 Å². The summed E-state index contributed by atoms with van der Waals surface area (Å²) in [5.41, 5.74) is -0.0279. The summed E-state index contributed by atoms with van der Waals surface area (Å²) in [4.78, 5) is 27.8. The van der Waals surface area contributed by atoms with E-state index in [0.717, 1.165) is 37.6 Å². The first kappa shape index (κ1) is 22.9. The number of nitrogens with zero attached hydrogens (tertiary/aromatic N) is 5. The molecule has 11 heteroatoms. The number of carbonyl (C=O) groups is 1. The van der Waals surface area contributed by atoms with Crippen LogP contribution in [-0.4, -0.2) is 66.5 Å². The molecule has 3 heterocycles. The van der Waals surface area contributed by atoms with Crippen molar-refractivity contribution in [3.05, 3.63) is 36.2 Å². The van der Waals surface area contributed by atoms with Crippen LogP contribution in [0.15, 0.2) is 30.3 Å². The van der Waals surface area contributed by atoms with Crippen molar-refractivity contribution in [1.82, 2.24) is 14.9 Å². The molecule has 0 bridgehead atoms. The van der Waals surface area contributed by atoms with Gasteiger partial charge in [-0.25, -0.2) is 14.8 Å². The Labute approximate surface area is 190 Å². The van der Waals surface area contributed by atoms with E-state index in [0.29, 0.717) is 32.0 Å². The number of aromatic nitrogens is 2. The number of hydrogen-bond donors (Lipinski definition) is 1. The summed E-state index contributed by atoms with van der Waals surface area (Å²) in [5, 5.41) is 2.53. The first-order valence-corrected chi connectivity index (χ1v) is 11.0. The third-order valence-corrected chi connectivity index (χ3v) is 5.74. The van der Waals surface area contributed by atoms with Gasteiger partial charge in [-0.1, -0.05) is 12.1 Å². The number of carbonyl (C=O) groups excluding carboxylic acids is 1. The lowest BCUT2D eigenvalue weighted by Crippen LogP contribution is -2.50. The van der Waals surface area contributed by atoms with Crippen molar-refractivity contribution in [3.8, 4) is 5.75 Å². The predicted molar refractivity (Wildman–Crippen MR) is 119 cm³/mol. The second-order valence-electron chi connectivity index (χ2n) is 8.13. The maximum absolute atomic E-state index is 12.7. The van der Waals surface area contributed by atoms with E-state index in [9.17, 15) is 18.0 Å². The molecule has 2 aliphatic rings. The zero-order valence-corrected chi connectivity index (χ0v) is 18.4. The number of amides is 2. The summed E-state index contributed by atoms with van der Waals surface area (Å²) >= 11 is 0. The van der Waals surface area contributed by atoms with Crippen LogP contribution >= 0.6 is 0 Å². The number of hydrogen-bond acceptors (Lipinski definition) is 6. The molecule has 1 N–H and O–H groups in total. The molecule has 1 aromatic heterocycles. The normalized spacial score (nSPS) is 17.2. The highest BCUT2D eigenvalue weighted by Gasteiger charge is 2.32. The van der Waals surface area contributed by atoms with Crippen LogP contribution in [0.1, 0.15) is 25.1 Å². The molecule has 2 aliphatic heterocycles. The van der Waals surface area contributed by atoms with E-state index in [-0.39, 0.29) is 5.69 Å². The summed E-state index contributed by atoms with van der Waals surface area (Å²) in [7, 11) is 0. The van der Waals surface area contributed by atoms with Crippen molar-refractivity contribution in [2.45, 2.75) is 32.5 Å². The van der Waals surface area contributed by atoms with Crippen molar-refractivity contribution < 1.29 is 22.7 Å². The standard InChI is InChI=1S/C22H27F3N6O2/c1-16-26-19(29-9-5-2-6-10-29)15-20(27-16)30-11-13-31(14-12-30)21(32)28-17-7-3-4-8-18(17)33-22(23,24)25/h3-4,7-8,15H,2,5-6,9-14H2,1H3,(H,28,32). The summed E-state index contributed by atoms with van der Waals surface area (Å²) in [6.07, 6.45) is -1.29. The van der Waals surface area contributed by atoms with Gasteiger partial charge in [0.1, 0.15) is 17.5 Å². The topological polar surface area (TPSA) is 73.8 Å². The number of rotatable bonds is 4. The van der Waals surface area contributed by atoms with E-state index in [1.54, 1.807) is 4.90 Å². The fourth-order valence-corrected chi connectivity index (χ4v) is 4.10. The Hall–Kier alpha value is -3.24. The van der Waals surface area contributed by atoms with Crippen LogP contribution in [0, 0.1) is 6.92 Å². The number of alkyl halides is 3. The van der Waals surface area contributed by atoms with E-state index >= 15 is 0 Å². The van der Waals surface area contributed by atoms with Gasteiger partial charge in [-0.05, 0) is 38.3 Å². The number of benzene rings is 1. The molecule has 2 fully saturated rings. The molecular weight excluding hydrogens is 437 g/mol. The van der Waals surface area contributed by atoms with Gasteiger partial charge in [-0.2, -0.15) is 0 Å². The Morgan fingerprint density at radius 1 is 0.939 bits per heavy atom. The minimum atomic E-state index is -4.84. The molecule has 2 saturated heterocycles. The molecule has 8 nitrogen and oxygen atoms in total. The maximum atomic E-state index is 12.7. The van der Waals surface area contributed by atoms with Crippen molar-refractivity contribution >= 4 is 23.4 Å². The lowest BCUT2D eigenvalue weighted by atomic mass is 10.1. The van der Waals surface area contributed by atoms with E-state index in [2.05, 4.69) is 29.8 Å². The van der Waals surface area contributed by atoms with E-state index < -0.39 is 18.1 Å². The Balaban J connectivity index is 1.38. The van der Waals surface area contributed by atoms with Crippen LogP contribution < -0.4 is 19.9 Å². The first-order valence-electron chi connectivity index (χ1n) is 11.0. The molecule has 1 aromatic carbocycles. The smallest absolute Gasteiger partial charge is 0.404 e. The molecule has 4 rings (SSSR count). The van der Waals surface area contributed by atoms with Crippen LogP contribution in [0.5, 0.6) is 5.75 Å². The first-order chi connectivity index (χ1) is 15.8. The Kier molecular flexibility index (Phi) is 6.75. The second kappa shape index (κ2) is 9.72. The van der Waals surface area contributed by atoms with Gasteiger partial charge in [-0.3, -0.25) is 0 Å². The monoisotopic (exact) mass is 464 g/mol. The third-order valence-electron chi connectivity index (χ3n) is 5.74. The van der Waals surface area contributed by atoms with Gasteiger partial charge in [0, 0.05) is 45.3 Å². The van der Waals surface area contributed by atoms with E-state index in [1.165, 1.54) is 30.7 Å². The Morgan fingerprint density at radius 3 is 2.18 bits per heavy atom. The zero-order chi connectivity index (χ0) is 23.4. The van der Waals surface area contributed by atoms with Gasteiger partial charge in [0.2, 0.25) is 0 Å². The minimum Gasteiger partial charge on any atom is -0.404 e. The Morgan fingerprint density at radius 2 is 1.55 bits per heavy atom. The molecule has 0 unspecified atom stereocenters. The number of piperidine rings is 1. The van der Waals surface area contributed by atoms with Gasteiger partial charge in [0.05, 0.1) is 5.69 Å². The summed E-state index contributed by atoms with van der Waals surface area (Å²) < 4.78 is 41.9. The number of piperazine rings is 1. The molecule has 0 spiro atoms. The van der Waals surface area contributed by atoms with Gasteiger partial charge in [0.25, 0.3) is 0 Å². The number of anilines is 3. The minimum absolute atomic E-state index is 0.0279. The number of ether oxygens (including phenoxy) is 1. The molecule has 0 atom stereocenters. The predicted octanol–water partition coefficient (Wildman–Crippen LogP) is 4.03. The highest BCUT2D eigenvalue weighted by atomic mass is 19.4. The quantitative estimate of drug-likeness (QED) is 0.737. The summed E-state index contributed by atoms with van der Waals surface area (Å²) in [5.74, 6) is 2.01. The van der Waals surface area contributed by atoms with Crippen molar-refractivity contribution in [1.29, 1.82) is 0 Å². The highest BCUT2D eigenvalue weighted by Crippen LogP contribution is 2.30. The molecular formula is C22H27F3N6O2. The average molecular weight is 464 g/mol. The number of halogens is 3. The highest BCUT2D eigenvalue weighted by molar-refractivity contribution is 5.91. The molecule has 178 valence electrons. The van der Waals surface area contributed by atoms with Crippen molar-refractivity contribution in [3.63, 3.8) is 0 Å². The van der Waals surface area contributed by atoms with Crippen molar-refractivity contribution in [2.75, 3.05) is 54.4 Å². The van der Waals surface area contributed by atoms with Crippen LogP contribution in [-0.2, 0) is 0 Å². The third kappa shape index (κ3) is 5.96. The van der Waals surface area contributed by atoms with Gasteiger partial charge in [-0.15, -0.1) is 13.2 Å². The largest absolute Gasteiger partial charge is 0.573 e. The average Bonchev–Trinajstić information content (AvgIpc) is 2.80. The molecule has 0 aliphatic carbocycles. The molecule has 33 heavy (non-hydrogen) atoms. The van der Waals surface area contributed by atoms with E-state index in [4.69, 9.17) is 0 Å². The van der Waals surface area contributed by atoms with Gasteiger partial charge >= 0.3 is 12.4 Å². The van der Waals surface area contributed by atoms with Crippen LogP contribution in [0.3, 0.4) is 0 Å². The van der Waals surface area contributed by atoms with Gasteiger partial charge in [0.15, 0.2) is 5.75 Å². The maximum Gasteiger partial charge on any atom is 0.573 e. The Bertz CT molecular complexity index is 973. The number of aryl methyl sites for hydroxylation is 1. The molecule has 0 radical (unpaired) electrons. The van der Waals surface area contributed by atoms with E-state index in [1.807, 2.05) is 13.0 Å².